The minimum Gasteiger partial charge on any atom is -0.483 e. The van der Waals surface area contributed by atoms with Gasteiger partial charge in [-0.25, -0.2) is 14.3 Å². The summed E-state index contributed by atoms with van der Waals surface area (Å²) < 4.78 is 23.0. The van der Waals surface area contributed by atoms with Crippen molar-refractivity contribution in [1.29, 1.82) is 0 Å². The Morgan fingerprint density at radius 3 is 2.19 bits per heavy atom. The monoisotopic (exact) mass is 382 g/mol. The number of hydrogen-bond acceptors (Lipinski definition) is 5. The van der Waals surface area contributed by atoms with Gasteiger partial charge in [-0.3, -0.25) is 9.79 Å². The first-order valence-electron chi connectivity index (χ1n) is 9.24. The summed E-state index contributed by atoms with van der Waals surface area (Å²) in [4.78, 5) is 28.6. The summed E-state index contributed by atoms with van der Waals surface area (Å²) in [5.41, 5.74) is 0.459. The normalized spacial score (nSPS) is 38.1. The molecule has 1 aromatic carbocycles. The van der Waals surface area contributed by atoms with Crippen molar-refractivity contribution in [2.75, 3.05) is 6.61 Å². The highest BCUT2D eigenvalue weighted by Gasteiger charge is 2.53. The fourth-order valence-corrected chi connectivity index (χ4v) is 6.15. The second-order valence-electron chi connectivity index (χ2n) is 8.33. The van der Waals surface area contributed by atoms with Crippen LogP contribution >= 0.6 is 7.82 Å². The lowest BCUT2D eigenvalue weighted by atomic mass is 9.54. The average molecular weight is 382 g/mol. The molecule has 0 spiro atoms. The third-order valence-electron chi connectivity index (χ3n) is 6.28. The van der Waals surface area contributed by atoms with Crippen LogP contribution in [0.15, 0.2) is 18.2 Å². The standard InChI is InChI=1S/C18H23O7P/c19-26(20,21)25-15-3-1-2-14(16-10-22-24-16)17(15)23-18-7-11-4-12(8-18)6-13(5-11)9-18/h1-3,11-13,16H,4-10H2,(H2,19,20,21). The van der Waals surface area contributed by atoms with Crippen molar-refractivity contribution in [3.8, 4) is 11.5 Å². The molecule has 5 aliphatic rings. The lowest BCUT2D eigenvalue weighted by Gasteiger charge is -2.56. The topological polar surface area (TPSA) is 94.5 Å². The van der Waals surface area contributed by atoms with Crippen molar-refractivity contribution >= 4 is 7.82 Å². The van der Waals surface area contributed by atoms with E-state index in [-0.39, 0.29) is 17.5 Å². The van der Waals surface area contributed by atoms with Gasteiger partial charge >= 0.3 is 7.82 Å². The second kappa shape index (κ2) is 5.94. The summed E-state index contributed by atoms with van der Waals surface area (Å²) in [6.45, 7) is 0.386. The third-order valence-corrected chi connectivity index (χ3v) is 6.71. The molecule has 4 aliphatic carbocycles. The Hall–Kier alpha value is -1.11. The number of para-hydroxylation sites is 1. The molecular weight excluding hydrogens is 359 g/mol. The van der Waals surface area contributed by atoms with Gasteiger partial charge in [-0.2, -0.15) is 0 Å². The number of phosphoric acid groups is 1. The van der Waals surface area contributed by atoms with Crippen LogP contribution in [0.25, 0.3) is 0 Å². The number of benzene rings is 1. The molecule has 4 saturated carbocycles. The van der Waals surface area contributed by atoms with Gasteiger partial charge in [0.05, 0.1) is 0 Å². The zero-order valence-electron chi connectivity index (χ0n) is 14.4. The van der Waals surface area contributed by atoms with Crippen molar-refractivity contribution in [2.45, 2.75) is 50.2 Å². The Labute approximate surface area is 151 Å². The molecular formula is C18H23O7P. The molecule has 0 aromatic heterocycles. The Bertz CT molecular complexity index is 719. The number of hydrogen-bond donors (Lipinski definition) is 2. The molecule has 0 radical (unpaired) electrons. The lowest BCUT2D eigenvalue weighted by Crippen LogP contribution is -2.53. The van der Waals surface area contributed by atoms with Crippen LogP contribution in [0.2, 0.25) is 0 Å². The molecule has 1 aliphatic heterocycles. The van der Waals surface area contributed by atoms with Crippen LogP contribution in [0, 0.1) is 17.8 Å². The molecule has 142 valence electrons. The Morgan fingerprint density at radius 1 is 1.08 bits per heavy atom. The first kappa shape index (κ1) is 17.0. The molecule has 1 saturated heterocycles. The van der Waals surface area contributed by atoms with E-state index < -0.39 is 7.82 Å². The van der Waals surface area contributed by atoms with E-state index in [2.05, 4.69) is 0 Å². The molecule has 1 heterocycles. The predicted molar refractivity (Wildman–Crippen MR) is 90.4 cm³/mol. The maximum absolute atomic E-state index is 11.4. The van der Waals surface area contributed by atoms with Crippen LogP contribution in [0.1, 0.15) is 50.2 Å². The summed E-state index contributed by atoms with van der Waals surface area (Å²) in [6, 6.07) is 5.07. The second-order valence-corrected chi connectivity index (χ2v) is 9.49. The van der Waals surface area contributed by atoms with E-state index >= 15 is 0 Å². The highest BCUT2D eigenvalue weighted by molar-refractivity contribution is 7.46. The molecule has 0 amide bonds. The molecule has 4 bridgehead atoms. The summed E-state index contributed by atoms with van der Waals surface area (Å²) in [5.74, 6) is 2.56. The fourth-order valence-electron chi connectivity index (χ4n) is 5.75. The summed E-state index contributed by atoms with van der Waals surface area (Å²) in [5, 5.41) is 0. The van der Waals surface area contributed by atoms with E-state index in [0.717, 1.165) is 24.8 Å². The lowest BCUT2D eigenvalue weighted by molar-refractivity contribution is -0.429. The van der Waals surface area contributed by atoms with Crippen LogP contribution < -0.4 is 9.26 Å². The SMILES string of the molecule is O=P(O)(O)Oc1cccc(C2COO2)c1OC12CC3CC(CC(C3)C1)C2. The van der Waals surface area contributed by atoms with E-state index in [4.69, 9.17) is 19.0 Å². The summed E-state index contributed by atoms with van der Waals surface area (Å²) in [7, 11) is -4.69. The van der Waals surface area contributed by atoms with Crippen LogP contribution in [0.5, 0.6) is 11.5 Å². The maximum Gasteiger partial charge on any atom is 0.524 e. The van der Waals surface area contributed by atoms with Gasteiger partial charge in [-0.1, -0.05) is 12.1 Å². The van der Waals surface area contributed by atoms with E-state index in [1.165, 1.54) is 25.3 Å². The molecule has 8 heteroatoms. The van der Waals surface area contributed by atoms with Gasteiger partial charge < -0.3 is 9.26 Å². The van der Waals surface area contributed by atoms with E-state index in [0.29, 0.717) is 30.1 Å². The van der Waals surface area contributed by atoms with Crippen LogP contribution in [-0.2, 0) is 14.3 Å². The van der Waals surface area contributed by atoms with E-state index in [9.17, 15) is 14.4 Å². The highest BCUT2D eigenvalue weighted by Crippen LogP contribution is 2.58. The van der Waals surface area contributed by atoms with Gasteiger partial charge in [0.1, 0.15) is 18.3 Å². The van der Waals surface area contributed by atoms with Crippen molar-refractivity contribution in [1.82, 2.24) is 0 Å². The molecule has 5 fully saturated rings. The van der Waals surface area contributed by atoms with Crippen molar-refractivity contribution < 1.29 is 33.4 Å². The first-order valence-corrected chi connectivity index (χ1v) is 10.8. The van der Waals surface area contributed by atoms with Gasteiger partial charge in [0.15, 0.2) is 11.5 Å². The van der Waals surface area contributed by atoms with Crippen molar-refractivity contribution in [3.05, 3.63) is 23.8 Å². The Morgan fingerprint density at radius 2 is 1.69 bits per heavy atom. The Balaban J connectivity index is 1.51. The fraction of sp³-hybridized carbons (Fsp3) is 0.667. The highest BCUT2D eigenvalue weighted by atomic mass is 31.2. The molecule has 1 atom stereocenters. The quantitative estimate of drug-likeness (QED) is 0.594. The van der Waals surface area contributed by atoms with Gasteiger partial charge in [-0.05, 0) is 62.3 Å². The van der Waals surface area contributed by atoms with E-state index in [1.54, 1.807) is 6.07 Å². The molecule has 1 unspecified atom stereocenters. The predicted octanol–water partition coefficient (Wildman–Crippen LogP) is 3.51. The summed E-state index contributed by atoms with van der Waals surface area (Å²) in [6.07, 6.45) is 6.57. The smallest absolute Gasteiger partial charge is 0.483 e. The third kappa shape index (κ3) is 3.06. The van der Waals surface area contributed by atoms with Crippen LogP contribution in [0.3, 0.4) is 0 Å². The average Bonchev–Trinajstić information content (AvgIpc) is 2.45. The first-order chi connectivity index (χ1) is 12.4. The van der Waals surface area contributed by atoms with Gasteiger partial charge in [0.25, 0.3) is 0 Å². The van der Waals surface area contributed by atoms with Crippen LogP contribution in [0.4, 0.5) is 0 Å². The van der Waals surface area contributed by atoms with Crippen molar-refractivity contribution in [3.63, 3.8) is 0 Å². The minimum absolute atomic E-state index is 0.0714. The van der Waals surface area contributed by atoms with Crippen LogP contribution in [-0.4, -0.2) is 22.0 Å². The minimum atomic E-state index is -4.69. The van der Waals surface area contributed by atoms with Gasteiger partial charge in [0.2, 0.25) is 0 Å². The number of ether oxygens (including phenoxy) is 1. The summed E-state index contributed by atoms with van der Waals surface area (Å²) >= 11 is 0. The zero-order valence-corrected chi connectivity index (χ0v) is 15.3. The molecule has 26 heavy (non-hydrogen) atoms. The number of rotatable bonds is 5. The molecule has 6 rings (SSSR count). The number of phosphoric ester groups is 1. The Kier molecular flexibility index (Phi) is 3.89. The molecule has 7 nitrogen and oxygen atoms in total. The molecule has 1 aromatic rings. The largest absolute Gasteiger partial charge is 0.524 e. The van der Waals surface area contributed by atoms with Crippen molar-refractivity contribution in [2.24, 2.45) is 17.8 Å². The van der Waals surface area contributed by atoms with E-state index in [1.807, 2.05) is 6.07 Å². The van der Waals surface area contributed by atoms with Gasteiger partial charge in [0, 0.05) is 5.56 Å². The zero-order chi connectivity index (χ0) is 17.9. The maximum atomic E-state index is 11.4. The molecule has 2 N–H and O–H groups in total. The van der Waals surface area contributed by atoms with Gasteiger partial charge in [-0.15, -0.1) is 0 Å².